The highest BCUT2D eigenvalue weighted by atomic mass is 14.9. The summed E-state index contributed by atoms with van der Waals surface area (Å²) in [6.07, 6.45) is 0. The van der Waals surface area contributed by atoms with Gasteiger partial charge in [-0.3, -0.25) is 4.99 Å². The number of hydrogen-bond donors (Lipinski definition) is 0. The van der Waals surface area contributed by atoms with Gasteiger partial charge in [0.25, 0.3) is 6.04 Å². The third kappa shape index (κ3) is 1.46. The van der Waals surface area contributed by atoms with Crippen molar-refractivity contribution in [2.24, 2.45) is 10.9 Å². The Morgan fingerprint density at radius 1 is 1.31 bits per heavy atom. The molecule has 0 bridgehead atoms. The Morgan fingerprint density at radius 2 is 1.92 bits per heavy atom. The summed E-state index contributed by atoms with van der Waals surface area (Å²) in [5.74, 6) is -0.00694. The van der Waals surface area contributed by atoms with Crippen molar-refractivity contribution < 1.29 is 0 Å². The summed E-state index contributed by atoms with van der Waals surface area (Å²) >= 11 is 0. The standard InChI is InChI=1S/C10H11N3/c1-6-9(11-4)7(2)13-8(3)10(6)12-5/h6,9H,1-3H3. The number of rotatable bonds is 0. The molecule has 1 aliphatic heterocycles. The van der Waals surface area contributed by atoms with Crippen molar-refractivity contribution in [3.05, 3.63) is 34.2 Å². The predicted molar refractivity (Wildman–Crippen MR) is 52.0 cm³/mol. The molecule has 0 aromatic rings. The average Bonchev–Trinajstić information content (AvgIpc) is 2.04. The predicted octanol–water partition coefficient (Wildman–Crippen LogP) is 2.54. The molecule has 0 radical (unpaired) electrons. The third-order valence-electron chi connectivity index (χ3n) is 2.31. The molecule has 1 rings (SSSR count). The molecule has 0 saturated carbocycles. The average molecular weight is 173 g/mol. The van der Waals surface area contributed by atoms with E-state index in [2.05, 4.69) is 14.7 Å². The van der Waals surface area contributed by atoms with E-state index in [0.29, 0.717) is 5.70 Å². The fourth-order valence-corrected chi connectivity index (χ4v) is 1.62. The van der Waals surface area contributed by atoms with Crippen LogP contribution >= 0.6 is 0 Å². The first-order chi connectivity index (χ1) is 6.11. The van der Waals surface area contributed by atoms with Crippen molar-refractivity contribution in [3.63, 3.8) is 0 Å². The molecule has 0 aromatic carbocycles. The minimum Gasteiger partial charge on any atom is -0.308 e. The van der Waals surface area contributed by atoms with Crippen LogP contribution in [-0.2, 0) is 0 Å². The lowest BCUT2D eigenvalue weighted by molar-refractivity contribution is 0.669. The van der Waals surface area contributed by atoms with Crippen molar-refractivity contribution in [2.45, 2.75) is 26.8 Å². The SMILES string of the molecule is [C-]#[N+]C1=C(C)N=C(C)C([N+]#[C-])C1C. The number of hydrogen-bond acceptors (Lipinski definition) is 1. The first-order valence-electron chi connectivity index (χ1n) is 4.11. The molecule has 0 N–H and O–H groups in total. The summed E-state index contributed by atoms with van der Waals surface area (Å²) in [5, 5.41) is 0. The van der Waals surface area contributed by atoms with Gasteiger partial charge in [0.15, 0.2) is 5.70 Å². The van der Waals surface area contributed by atoms with Crippen molar-refractivity contribution in [1.29, 1.82) is 0 Å². The van der Waals surface area contributed by atoms with Gasteiger partial charge >= 0.3 is 0 Å². The topological polar surface area (TPSA) is 21.1 Å². The third-order valence-corrected chi connectivity index (χ3v) is 2.31. The quantitative estimate of drug-likeness (QED) is 0.502. The highest BCUT2D eigenvalue weighted by Gasteiger charge is 2.33. The molecule has 1 heterocycles. The number of allylic oxidation sites excluding steroid dienone is 1. The number of nitrogens with zero attached hydrogens (tertiary/aromatic N) is 3. The molecule has 3 heteroatoms. The monoisotopic (exact) mass is 173 g/mol. The Balaban J connectivity index is 3.19. The fraction of sp³-hybridized carbons (Fsp3) is 0.500. The summed E-state index contributed by atoms with van der Waals surface area (Å²) in [6.45, 7) is 19.6. The van der Waals surface area contributed by atoms with Crippen molar-refractivity contribution in [2.75, 3.05) is 0 Å². The van der Waals surface area contributed by atoms with E-state index in [1.54, 1.807) is 0 Å². The second kappa shape index (κ2) is 3.41. The van der Waals surface area contributed by atoms with Gasteiger partial charge in [-0.25, -0.2) is 11.4 Å². The largest absolute Gasteiger partial charge is 0.308 e. The molecule has 2 atom stereocenters. The van der Waals surface area contributed by atoms with E-state index in [1.807, 2.05) is 20.8 Å². The van der Waals surface area contributed by atoms with Crippen molar-refractivity contribution >= 4 is 5.71 Å². The highest BCUT2D eigenvalue weighted by molar-refractivity contribution is 5.91. The minimum atomic E-state index is -0.243. The molecule has 0 saturated heterocycles. The smallest absolute Gasteiger partial charge is 0.259 e. The molecular formula is C10H11N3. The maximum atomic E-state index is 7.01. The van der Waals surface area contributed by atoms with Crippen LogP contribution in [0.5, 0.6) is 0 Å². The van der Waals surface area contributed by atoms with Crippen LogP contribution in [0.2, 0.25) is 0 Å². The van der Waals surface area contributed by atoms with Crippen LogP contribution in [0.25, 0.3) is 9.69 Å². The van der Waals surface area contributed by atoms with Gasteiger partial charge in [-0.1, -0.05) is 6.92 Å². The van der Waals surface area contributed by atoms with Gasteiger partial charge in [0.05, 0.1) is 18.2 Å². The molecule has 66 valence electrons. The van der Waals surface area contributed by atoms with Crippen molar-refractivity contribution in [1.82, 2.24) is 0 Å². The second-order valence-corrected chi connectivity index (χ2v) is 3.20. The zero-order chi connectivity index (χ0) is 10.0. The Kier molecular flexibility index (Phi) is 2.49. The van der Waals surface area contributed by atoms with Crippen LogP contribution < -0.4 is 0 Å². The van der Waals surface area contributed by atoms with Crippen LogP contribution in [0, 0.1) is 19.1 Å². The van der Waals surface area contributed by atoms with E-state index < -0.39 is 0 Å². The Morgan fingerprint density at radius 3 is 2.38 bits per heavy atom. The Hall–Kier alpha value is -1.61. The van der Waals surface area contributed by atoms with E-state index in [4.69, 9.17) is 13.1 Å². The first-order valence-corrected chi connectivity index (χ1v) is 4.11. The van der Waals surface area contributed by atoms with Gasteiger partial charge < -0.3 is 4.85 Å². The molecular weight excluding hydrogens is 162 g/mol. The first kappa shape index (κ1) is 9.48. The zero-order valence-electron chi connectivity index (χ0n) is 8.00. The molecule has 1 aliphatic rings. The Bertz CT molecular complexity index is 363. The molecule has 0 spiro atoms. The van der Waals surface area contributed by atoms with E-state index in [-0.39, 0.29) is 12.0 Å². The molecule has 0 fully saturated rings. The summed E-state index contributed by atoms with van der Waals surface area (Å²) in [4.78, 5) is 11.1. The fourth-order valence-electron chi connectivity index (χ4n) is 1.62. The molecule has 0 aliphatic carbocycles. The van der Waals surface area contributed by atoms with Crippen LogP contribution in [0.4, 0.5) is 0 Å². The van der Waals surface area contributed by atoms with Crippen LogP contribution in [-0.4, -0.2) is 11.8 Å². The molecule has 13 heavy (non-hydrogen) atoms. The van der Waals surface area contributed by atoms with Gasteiger partial charge in [-0.15, -0.1) is 0 Å². The summed E-state index contributed by atoms with van der Waals surface area (Å²) in [6, 6.07) is -0.243. The molecule has 2 unspecified atom stereocenters. The number of aliphatic imine (C=N–C) groups is 1. The van der Waals surface area contributed by atoms with Gasteiger partial charge in [-0.05, 0) is 13.8 Å². The normalized spacial score (nSPS) is 27.6. The maximum Gasteiger partial charge on any atom is 0.259 e. The molecule has 3 nitrogen and oxygen atoms in total. The van der Waals surface area contributed by atoms with E-state index in [9.17, 15) is 0 Å². The second-order valence-electron chi connectivity index (χ2n) is 3.20. The molecule has 0 aromatic heterocycles. The summed E-state index contributed by atoms with van der Waals surface area (Å²) < 4.78 is 0. The van der Waals surface area contributed by atoms with E-state index in [1.165, 1.54) is 0 Å². The van der Waals surface area contributed by atoms with E-state index >= 15 is 0 Å². The highest BCUT2D eigenvalue weighted by Crippen LogP contribution is 2.28. The van der Waals surface area contributed by atoms with Crippen LogP contribution in [0.15, 0.2) is 16.4 Å². The van der Waals surface area contributed by atoms with Crippen LogP contribution in [0.3, 0.4) is 0 Å². The summed E-state index contributed by atoms with van der Waals surface area (Å²) in [5.41, 5.74) is 2.22. The Labute approximate surface area is 78.4 Å². The lowest BCUT2D eigenvalue weighted by Crippen LogP contribution is -2.27. The zero-order valence-corrected chi connectivity index (χ0v) is 8.00. The summed E-state index contributed by atoms with van der Waals surface area (Å²) in [7, 11) is 0. The van der Waals surface area contributed by atoms with Crippen molar-refractivity contribution in [3.8, 4) is 0 Å². The lowest BCUT2D eigenvalue weighted by atomic mass is 9.92. The minimum absolute atomic E-state index is 0.00694. The van der Waals surface area contributed by atoms with Gasteiger partial charge in [-0.2, -0.15) is 0 Å². The van der Waals surface area contributed by atoms with Gasteiger partial charge in [0.2, 0.25) is 0 Å². The van der Waals surface area contributed by atoms with Gasteiger partial charge in [0, 0.05) is 5.70 Å². The van der Waals surface area contributed by atoms with Crippen LogP contribution in [0.1, 0.15) is 20.8 Å². The van der Waals surface area contributed by atoms with E-state index in [0.717, 1.165) is 11.4 Å². The molecule has 0 amide bonds. The lowest BCUT2D eigenvalue weighted by Gasteiger charge is -2.18. The maximum absolute atomic E-state index is 7.01. The van der Waals surface area contributed by atoms with Gasteiger partial charge in [0.1, 0.15) is 0 Å².